The Hall–Kier alpha value is -3.92. The molecule has 0 amide bonds. The van der Waals surface area contributed by atoms with Crippen molar-refractivity contribution in [2.75, 3.05) is 7.11 Å². The largest absolute Gasteiger partial charge is 1.00 e. The van der Waals surface area contributed by atoms with Crippen LogP contribution < -0.4 is 30.2 Å². The van der Waals surface area contributed by atoms with Crippen molar-refractivity contribution in [1.82, 2.24) is 18.3 Å². The number of hydrogen-bond acceptors (Lipinski definition) is 8. The molecule has 0 aliphatic heterocycles. The van der Waals surface area contributed by atoms with E-state index >= 15 is 0 Å². The first-order valence-electron chi connectivity index (χ1n) is 15.6. The molecule has 2 heterocycles. The van der Waals surface area contributed by atoms with Crippen LogP contribution in [-0.4, -0.2) is 58.1 Å². The SMILES string of the molecule is C.COC(=O)C1CCC(Cn2c(=O)n(C)c3ccc(O)cc32)CC1.Cn1c(=O)n(CC2CCC(C(=O)O)CC2)c2cc(O)ccc21.[Li+].[OH-]. The number of aryl methyl sites for hydroxylation is 2. The number of rotatable bonds is 6. The molecule has 2 aliphatic rings. The first-order valence-corrected chi connectivity index (χ1v) is 15.6. The molecule has 14 heteroatoms. The maximum atomic E-state index is 12.5. The summed E-state index contributed by atoms with van der Waals surface area (Å²) >= 11 is 0. The number of fused-ring (bicyclic) bond motifs is 2. The summed E-state index contributed by atoms with van der Waals surface area (Å²) in [7, 11) is 4.89. The van der Waals surface area contributed by atoms with Crippen molar-refractivity contribution < 1.29 is 54.0 Å². The predicted octanol–water partition coefficient (Wildman–Crippen LogP) is 1.42. The Kier molecular flexibility index (Phi) is 14.2. The van der Waals surface area contributed by atoms with E-state index < -0.39 is 5.97 Å². The van der Waals surface area contributed by atoms with Crippen LogP contribution in [0.5, 0.6) is 11.5 Å². The summed E-state index contributed by atoms with van der Waals surface area (Å²) in [5, 5.41) is 28.4. The first kappa shape index (κ1) is 40.3. The average molecular weight is 663 g/mol. The number of imidazole rings is 2. The monoisotopic (exact) mass is 662 g/mol. The van der Waals surface area contributed by atoms with Crippen LogP contribution in [0.25, 0.3) is 22.1 Å². The molecule has 0 spiro atoms. The summed E-state index contributed by atoms with van der Waals surface area (Å²) in [5.41, 5.74) is 2.93. The summed E-state index contributed by atoms with van der Waals surface area (Å²) in [6.07, 6.45) is 6.40. The number of aliphatic carboxylic acids is 1. The number of methoxy groups -OCH3 is 1. The Morgan fingerprint density at radius 2 is 1.08 bits per heavy atom. The van der Waals surface area contributed by atoms with Gasteiger partial charge in [-0.3, -0.25) is 27.9 Å². The molecule has 0 unspecified atom stereocenters. The summed E-state index contributed by atoms with van der Waals surface area (Å²) in [6.45, 7) is 1.19. The van der Waals surface area contributed by atoms with E-state index in [9.17, 15) is 29.4 Å². The molecule has 6 rings (SSSR count). The van der Waals surface area contributed by atoms with Gasteiger partial charge >= 0.3 is 42.2 Å². The van der Waals surface area contributed by atoms with E-state index in [0.717, 1.165) is 60.6 Å². The van der Waals surface area contributed by atoms with Crippen LogP contribution in [0.2, 0.25) is 0 Å². The number of carbonyl (C=O) groups excluding carboxylic acids is 1. The van der Waals surface area contributed by atoms with Crippen LogP contribution in [0.3, 0.4) is 0 Å². The zero-order chi connectivity index (χ0) is 32.4. The predicted molar refractivity (Wildman–Crippen MR) is 177 cm³/mol. The third-order valence-corrected chi connectivity index (χ3v) is 9.72. The zero-order valence-electron chi connectivity index (χ0n) is 27.5. The number of benzene rings is 2. The van der Waals surface area contributed by atoms with Crippen molar-refractivity contribution in [3.8, 4) is 11.5 Å². The third kappa shape index (κ3) is 8.37. The summed E-state index contributed by atoms with van der Waals surface area (Å²) in [4.78, 5) is 47.5. The molecule has 0 radical (unpaired) electrons. The molecule has 0 bridgehead atoms. The van der Waals surface area contributed by atoms with E-state index in [-0.39, 0.29) is 72.4 Å². The summed E-state index contributed by atoms with van der Waals surface area (Å²) < 4.78 is 11.4. The van der Waals surface area contributed by atoms with Crippen LogP contribution in [0.1, 0.15) is 58.8 Å². The van der Waals surface area contributed by atoms with Gasteiger partial charge in [-0.2, -0.15) is 0 Å². The molecule has 2 aromatic heterocycles. The van der Waals surface area contributed by atoms with Gasteiger partial charge in [-0.25, -0.2) is 9.59 Å². The molecule has 2 saturated carbocycles. The Bertz CT molecular complexity index is 1820. The van der Waals surface area contributed by atoms with Gasteiger partial charge in [0.1, 0.15) is 11.5 Å². The Morgan fingerprint density at radius 3 is 1.44 bits per heavy atom. The fraction of sp³-hybridized carbons (Fsp3) is 0.529. The molecular weight excluding hydrogens is 615 g/mol. The van der Waals surface area contributed by atoms with Gasteiger partial charge in [-0.15, -0.1) is 0 Å². The van der Waals surface area contributed by atoms with E-state index in [0.29, 0.717) is 37.8 Å². The molecule has 2 aliphatic carbocycles. The number of nitrogens with zero attached hydrogens (tertiary/aromatic N) is 4. The van der Waals surface area contributed by atoms with Crippen LogP contribution in [0.15, 0.2) is 46.0 Å². The number of aromatic nitrogens is 4. The van der Waals surface area contributed by atoms with Gasteiger partial charge < -0.3 is 25.5 Å². The molecule has 2 aromatic carbocycles. The maximum Gasteiger partial charge on any atom is 1.00 e. The van der Waals surface area contributed by atoms with Crippen molar-refractivity contribution >= 4 is 34.0 Å². The minimum absolute atomic E-state index is 0. The molecule has 2 fully saturated rings. The van der Waals surface area contributed by atoms with Crippen molar-refractivity contribution in [2.24, 2.45) is 37.8 Å². The van der Waals surface area contributed by atoms with Crippen LogP contribution in [-0.2, 0) is 41.5 Å². The molecule has 4 N–H and O–H groups in total. The van der Waals surface area contributed by atoms with E-state index in [4.69, 9.17) is 9.84 Å². The molecule has 0 atom stereocenters. The summed E-state index contributed by atoms with van der Waals surface area (Å²) in [5.74, 6) is -0.133. The molecule has 0 saturated heterocycles. The average Bonchev–Trinajstić information content (AvgIpc) is 3.40. The Balaban J connectivity index is 0.000000314. The van der Waals surface area contributed by atoms with Gasteiger partial charge in [0.25, 0.3) is 0 Å². The number of ether oxygens (including phenoxy) is 1. The number of esters is 1. The van der Waals surface area contributed by atoms with E-state index in [2.05, 4.69) is 0 Å². The number of phenols is 2. The Morgan fingerprint density at radius 1 is 0.708 bits per heavy atom. The number of hydrogen-bond donors (Lipinski definition) is 3. The molecule has 258 valence electrons. The maximum absolute atomic E-state index is 12.5. The van der Waals surface area contributed by atoms with Crippen LogP contribution in [0, 0.1) is 23.7 Å². The quantitative estimate of drug-likeness (QED) is 0.203. The topological polar surface area (TPSA) is 188 Å². The van der Waals surface area contributed by atoms with Crippen molar-refractivity contribution in [1.29, 1.82) is 0 Å². The van der Waals surface area contributed by atoms with Gasteiger partial charge in [0.2, 0.25) is 0 Å². The first-order chi connectivity index (χ1) is 21.5. The van der Waals surface area contributed by atoms with E-state index in [1.165, 1.54) is 7.11 Å². The van der Waals surface area contributed by atoms with Gasteiger partial charge in [0, 0.05) is 39.3 Å². The van der Waals surface area contributed by atoms with Crippen molar-refractivity contribution in [3.63, 3.8) is 0 Å². The smallest absolute Gasteiger partial charge is 0.870 e. The second-order valence-corrected chi connectivity index (χ2v) is 12.5. The Labute approximate surface area is 291 Å². The number of carboxylic acid groups (broad SMARTS) is 1. The van der Waals surface area contributed by atoms with Crippen molar-refractivity contribution in [3.05, 3.63) is 57.4 Å². The molecule has 4 aromatic rings. The van der Waals surface area contributed by atoms with Gasteiger partial charge in [0.15, 0.2) is 0 Å². The second-order valence-electron chi connectivity index (χ2n) is 12.5. The minimum Gasteiger partial charge on any atom is -0.870 e. The number of aromatic hydroxyl groups is 2. The van der Waals surface area contributed by atoms with Crippen molar-refractivity contribution in [2.45, 2.75) is 71.9 Å². The van der Waals surface area contributed by atoms with E-state index in [1.54, 1.807) is 68.8 Å². The molecule has 48 heavy (non-hydrogen) atoms. The molecule has 13 nitrogen and oxygen atoms in total. The standard InChI is InChI=1S/C17H22N2O4.C16H20N2O4.CH4.Li.H2O/c1-18-14-8-7-13(20)9-15(14)19(17(18)22)10-11-3-5-12(6-4-11)16(21)23-2;1-17-13-7-6-12(19)8-14(13)18(16(17)22)9-10-2-4-11(5-3-10)15(20)21;;;/h7-9,11-12,20H,3-6,10H2,1-2H3;6-8,10-11,19H,2-5,9H2,1H3,(H,20,21);1H4;;1H2/q;;;+1;/p-1. The van der Waals surface area contributed by atoms with Gasteiger partial charge in [-0.05, 0) is 87.5 Å². The minimum atomic E-state index is -0.717. The van der Waals surface area contributed by atoms with Gasteiger partial charge in [0.05, 0.1) is 41.0 Å². The zero-order valence-corrected chi connectivity index (χ0v) is 27.5. The van der Waals surface area contributed by atoms with Gasteiger partial charge in [-0.1, -0.05) is 7.43 Å². The normalized spacial score (nSPS) is 20.4. The summed E-state index contributed by atoms with van der Waals surface area (Å²) in [6, 6.07) is 9.91. The number of phenolic OH excluding ortho intramolecular Hbond substituents is 2. The second kappa shape index (κ2) is 17.0. The number of carbonyl (C=O) groups is 2. The van der Waals surface area contributed by atoms with Crippen LogP contribution in [0.4, 0.5) is 0 Å². The van der Waals surface area contributed by atoms with E-state index in [1.807, 2.05) is 0 Å². The fourth-order valence-electron chi connectivity index (χ4n) is 7.01. The molecular formula is C34H47LiN4O9. The van der Waals surface area contributed by atoms with Crippen LogP contribution >= 0.6 is 0 Å². The number of carboxylic acids is 1. The third-order valence-electron chi connectivity index (χ3n) is 9.72. The fourth-order valence-corrected chi connectivity index (χ4v) is 7.01.